The lowest BCUT2D eigenvalue weighted by Gasteiger charge is -1.86. The molecule has 0 fully saturated rings. The van der Waals surface area contributed by atoms with Crippen molar-refractivity contribution < 1.29 is 14.7 Å². The van der Waals surface area contributed by atoms with E-state index in [4.69, 9.17) is 10.8 Å². The van der Waals surface area contributed by atoms with E-state index in [0.717, 1.165) is 11.3 Å². The molecule has 0 bridgehead atoms. The van der Waals surface area contributed by atoms with E-state index in [-0.39, 0.29) is 10.6 Å². The van der Waals surface area contributed by atoms with Crippen molar-refractivity contribution in [1.29, 1.82) is 0 Å². The lowest BCUT2D eigenvalue weighted by molar-refractivity contribution is 0.0698. The summed E-state index contributed by atoms with van der Waals surface area (Å²) in [5.41, 5.74) is 5.29. The average molecular weight is 171 g/mol. The Hall–Kier alpha value is -1.36. The second-order valence-electron chi connectivity index (χ2n) is 1.85. The molecular weight excluding hydrogens is 166 g/mol. The van der Waals surface area contributed by atoms with Gasteiger partial charge in [0.05, 0.1) is 10.4 Å². The maximum Gasteiger partial charge on any atom is 0.338 e. The Bertz CT molecular complexity index is 305. The van der Waals surface area contributed by atoms with E-state index in [1.165, 1.54) is 6.07 Å². The molecule has 0 spiro atoms. The van der Waals surface area contributed by atoms with Gasteiger partial charge in [-0.2, -0.15) is 0 Å². The predicted molar refractivity (Wildman–Crippen MR) is 41.1 cm³/mol. The minimum absolute atomic E-state index is 0.00269. The molecule has 0 unspecified atom stereocenters. The number of nitrogens with two attached hydrogens (primary N) is 1. The third-order valence-corrected chi connectivity index (χ3v) is 2.02. The molecule has 4 nitrogen and oxygen atoms in total. The van der Waals surface area contributed by atoms with Crippen LogP contribution in [0.15, 0.2) is 6.07 Å². The van der Waals surface area contributed by atoms with Gasteiger partial charge < -0.3 is 10.8 Å². The minimum Gasteiger partial charge on any atom is -0.478 e. The number of thiophene rings is 1. The maximum atomic E-state index is 10.4. The highest BCUT2D eigenvalue weighted by Gasteiger charge is 2.11. The molecule has 3 N–H and O–H groups in total. The van der Waals surface area contributed by atoms with Crippen LogP contribution >= 0.6 is 11.3 Å². The monoisotopic (exact) mass is 171 g/mol. The van der Waals surface area contributed by atoms with E-state index in [9.17, 15) is 9.59 Å². The van der Waals surface area contributed by atoms with Gasteiger partial charge >= 0.3 is 5.97 Å². The molecule has 0 aliphatic rings. The molecule has 0 radical (unpaired) electrons. The number of rotatable bonds is 2. The molecule has 1 aromatic rings. The summed E-state index contributed by atoms with van der Waals surface area (Å²) in [6.45, 7) is 0. The quantitative estimate of drug-likeness (QED) is 0.646. The van der Waals surface area contributed by atoms with Crippen molar-refractivity contribution in [1.82, 2.24) is 0 Å². The first-order valence-electron chi connectivity index (χ1n) is 2.73. The first-order chi connectivity index (χ1) is 5.15. The Labute approximate surface area is 66.3 Å². The molecule has 0 aromatic carbocycles. The van der Waals surface area contributed by atoms with Crippen molar-refractivity contribution in [3.05, 3.63) is 16.5 Å². The molecule has 0 saturated carbocycles. The van der Waals surface area contributed by atoms with Crippen LogP contribution in [-0.2, 0) is 0 Å². The van der Waals surface area contributed by atoms with Crippen molar-refractivity contribution in [2.24, 2.45) is 0 Å². The Morgan fingerprint density at radius 2 is 2.36 bits per heavy atom. The topological polar surface area (TPSA) is 80.4 Å². The smallest absolute Gasteiger partial charge is 0.338 e. The number of carboxylic acids is 1. The number of nitrogen functional groups attached to an aromatic ring is 1. The highest BCUT2D eigenvalue weighted by Crippen LogP contribution is 2.23. The second kappa shape index (κ2) is 2.71. The lowest BCUT2D eigenvalue weighted by atomic mass is 10.3. The molecule has 0 aliphatic heterocycles. The van der Waals surface area contributed by atoms with Gasteiger partial charge in [0, 0.05) is 0 Å². The summed E-state index contributed by atoms with van der Waals surface area (Å²) in [5.74, 6) is -1.10. The fourth-order valence-corrected chi connectivity index (χ4v) is 1.39. The molecule has 1 heterocycles. The Kier molecular flexibility index (Phi) is 1.91. The first kappa shape index (κ1) is 7.74. The van der Waals surface area contributed by atoms with Gasteiger partial charge in [-0.1, -0.05) is 0 Å². The Morgan fingerprint density at radius 3 is 2.64 bits per heavy atom. The van der Waals surface area contributed by atoms with Gasteiger partial charge in [0.25, 0.3) is 0 Å². The maximum absolute atomic E-state index is 10.4. The fourth-order valence-electron chi connectivity index (χ4n) is 0.650. The third kappa shape index (κ3) is 1.38. The number of carbonyl (C=O) groups is 2. The molecule has 0 aliphatic carbocycles. The summed E-state index contributed by atoms with van der Waals surface area (Å²) in [7, 11) is 0. The van der Waals surface area contributed by atoms with Gasteiger partial charge in [-0.05, 0) is 6.07 Å². The van der Waals surface area contributed by atoms with E-state index in [1.807, 2.05) is 0 Å². The number of hydrogen-bond acceptors (Lipinski definition) is 4. The molecule has 0 atom stereocenters. The van der Waals surface area contributed by atoms with Crippen molar-refractivity contribution >= 4 is 28.6 Å². The zero-order valence-corrected chi connectivity index (χ0v) is 6.22. The van der Waals surface area contributed by atoms with E-state index >= 15 is 0 Å². The number of carbonyl (C=O) groups excluding carboxylic acids is 1. The number of aromatic carboxylic acids is 1. The first-order valence-corrected chi connectivity index (χ1v) is 3.54. The highest BCUT2D eigenvalue weighted by molar-refractivity contribution is 7.17. The molecule has 0 amide bonds. The molecule has 1 rings (SSSR count). The van der Waals surface area contributed by atoms with Crippen LogP contribution < -0.4 is 5.73 Å². The predicted octanol–water partition coefficient (Wildman–Crippen LogP) is 0.841. The van der Waals surface area contributed by atoms with E-state index in [1.54, 1.807) is 0 Å². The highest BCUT2D eigenvalue weighted by atomic mass is 32.1. The van der Waals surface area contributed by atoms with Crippen molar-refractivity contribution in [3.8, 4) is 0 Å². The van der Waals surface area contributed by atoms with Gasteiger partial charge in [0.2, 0.25) is 0 Å². The Morgan fingerprint density at radius 1 is 1.73 bits per heavy atom. The standard InChI is InChI=1S/C6H5NO3S/c7-5-4(6(9)10)1-3(2-8)11-5/h1-2H,7H2,(H,9,10). The van der Waals surface area contributed by atoms with Crippen LogP contribution in [0.3, 0.4) is 0 Å². The summed E-state index contributed by atoms with van der Waals surface area (Å²) in [6.07, 6.45) is 0.577. The zero-order chi connectivity index (χ0) is 8.43. The van der Waals surface area contributed by atoms with Gasteiger partial charge in [0.15, 0.2) is 6.29 Å². The summed E-state index contributed by atoms with van der Waals surface area (Å²) in [6, 6.07) is 1.26. The van der Waals surface area contributed by atoms with Crippen LogP contribution in [0.25, 0.3) is 0 Å². The molecule has 0 saturated heterocycles. The van der Waals surface area contributed by atoms with Crippen molar-refractivity contribution in [2.45, 2.75) is 0 Å². The second-order valence-corrected chi connectivity index (χ2v) is 2.97. The SMILES string of the molecule is Nc1sc(C=O)cc1C(=O)O. The van der Waals surface area contributed by atoms with Crippen LogP contribution in [0, 0.1) is 0 Å². The van der Waals surface area contributed by atoms with Crippen LogP contribution in [0.5, 0.6) is 0 Å². The molecule has 11 heavy (non-hydrogen) atoms. The normalized spacial score (nSPS) is 9.45. The largest absolute Gasteiger partial charge is 0.478 e. The molecule has 5 heteroatoms. The summed E-state index contributed by atoms with van der Waals surface area (Å²) < 4.78 is 0. The number of aldehydes is 1. The van der Waals surface area contributed by atoms with Crippen LogP contribution in [0.2, 0.25) is 0 Å². The van der Waals surface area contributed by atoms with Gasteiger partial charge in [-0.15, -0.1) is 11.3 Å². The number of anilines is 1. The summed E-state index contributed by atoms with van der Waals surface area (Å²) >= 11 is 0.972. The third-order valence-electron chi connectivity index (χ3n) is 1.13. The van der Waals surface area contributed by atoms with E-state index in [0.29, 0.717) is 11.2 Å². The van der Waals surface area contributed by atoms with Crippen LogP contribution in [0.4, 0.5) is 5.00 Å². The van der Waals surface area contributed by atoms with Crippen molar-refractivity contribution in [3.63, 3.8) is 0 Å². The van der Waals surface area contributed by atoms with Gasteiger partial charge in [0.1, 0.15) is 5.00 Å². The van der Waals surface area contributed by atoms with E-state index in [2.05, 4.69) is 0 Å². The lowest BCUT2D eigenvalue weighted by Crippen LogP contribution is -1.97. The average Bonchev–Trinajstić information content (AvgIpc) is 2.30. The van der Waals surface area contributed by atoms with Crippen molar-refractivity contribution in [2.75, 3.05) is 5.73 Å². The van der Waals surface area contributed by atoms with Crippen LogP contribution in [0.1, 0.15) is 20.0 Å². The fraction of sp³-hybridized carbons (Fsp3) is 0. The van der Waals surface area contributed by atoms with Crippen LogP contribution in [-0.4, -0.2) is 17.4 Å². The zero-order valence-electron chi connectivity index (χ0n) is 5.40. The van der Waals surface area contributed by atoms with Gasteiger partial charge in [-0.25, -0.2) is 4.79 Å². The molecule has 1 aromatic heterocycles. The number of hydrogen-bond donors (Lipinski definition) is 2. The summed E-state index contributed by atoms with van der Waals surface area (Å²) in [4.78, 5) is 20.9. The molecular formula is C6H5NO3S. The van der Waals surface area contributed by atoms with Gasteiger partial charge in [-0.3, -0.25) is 4.79 Å². The van der Waals surface area contributed by atoms with E-state index < -0.39 is 5.97 Å². The number of carboxylic acid groups (broad SMARTS) is 1. The molecule has 58 valence electrons. The Balaban J connectivity index is 3.16. The summed E-state index contributed by atoms with van der Waals surface area (Å²) in [5, 5.41) is 8.65. The minimum atomic E-state index is -1.10.